The fourth-order valence-electron chi connectivity index (χ4n) is 2.01. The minimum absolute atomic E-state index is 0.163. The number of aromatic nitrogens is 2. The summed E-state index contributed by atoms with van der Waals surface area (Å²) in [6.07, 6.45) is 1.27. The molecule has 0 spiro atoms. The summed E-state index contributed by atoms with van der Waals surface area (Å²) in [5.41, 5.74) is 2.00. The number of carbonyl (C=O) groups excluding carboxylic acids is 1. The van der Waals surface area contributed by atoms with E-state index in [1.807, 2.05) is 30.7 Å². The molecule has 2 heterocycles. The molecule has 0 aliphatic heterocycles. The first-order chi connectivity index (χ1) is 9.06. The zero-order chi connectivity index (χ0) is 14.0. The van der Waals surface area contributed by atoms with Gasteiger partial charge in [-0.3, -0.25) is 9.48 Å². The van der Waals surface area contributed by atoms with Crippen LogP contribution >= 0.6 is 27.3 Å². The van der Waals surface area contributed by atoms with Crippen LogP contribution in [-0.2, 0) is 19.4 Å². The van der Waals surface area contributed by atoms with E-state index in [9.17, 15) is 4.79 Å². The van der Waals surface area contributed by atoms with Crippen LogP contribution in [0.5, 0.6) is 0 Å². The first-order valence-electron chi connectivity index (χ1n) is 6.40. The highest BCUT2D eigenvalue weighted by atomic mass is 79.9. The number of hydrogen-bond donors (Lipinski definition) is 0. The van der Waals surface area contributed by atoms with E-state index in [1.165, 1.54) is 4.88 Å². The summed E-state index contributed by atoms with van der Waals surface area (Å²) in [5.74, 6) is 0.163. The molecule has 0 N–H and O–H groups in total. The molecule has 2 aromatic rings. The normalized spacial score (nSPS) is 10.9. The lowest BCUT2D eigenvalue weighted by molar-refractivity contribution is 0.0994. The van der Waals surface area contributed by atoms with Crippen molar-refractivity contribution in [3.63, 3.8) is 0 Å². The highest BCUT2D eigenvalue weighted by Gasteiger charge is 2.18. The SMILES string of the molecule is CCc1nn(CC)c(CC(=O)c2ccc(C)s2)c1Br. The van der Waals surface area contributed by atoms with Crippen LogP contribution in [-0.4, -0.2) is 15.6 Å². The summed E-state index contributed by atoms with van der Waals surface area (Å²) >= 11 is 5.13. The number of aryl methyl sites for hydroxylation is 3. The van der Waals surface area contributed by atoms with E-state index < -0.39 is 0 Å². The van der Waals surface area contributed by atoms with Crippen molar-refractivity contribution in [1.82, 2.24) is 9.78 Å². The average Bonchev–Trinajstić information content (AvgIpc) is 2.95. The quantitative estimate of drug-likeness (QED) is 0.770. The van der Waals surface area contributed by atoms with Gasteiger partial charge in [-0.1, -0.05) is 6.92 Å². The summed E-state index contributed by atoms with van der Waals surface area (Å²) < 4.78 is 2.90. The van der Waals surface area contributed by atoms with Gasteiger partial charge in [0.1, 0.15) is 0 Å². The Morgan fingerprint density at radius 3 is 2.68 bits per heavy atom. The minimum atomic E-state index is 0.163. The van der Waals surface area contributed by atoms with Crippen LogP contribution in [0.3, 0.4) is 0 Å². The van der Waals surface area contributed by atoms with Crippen molar-refractivity contribution in [3.8, 4) is 0 Å². The highest BCUT2D eigenvalue weighted by Crippen LogP contribution is 2.25. The van der Waals surface area contributed by atoms with Crippen LogP contribution in [0.25, 0.3) is 0 Å². The molecule has 19 heavy (non-hydrogen) atoms. The second kappa shape index (κ2) is 6.01. The van der Waals surface area contributed by atoms with Gasteiger partial charge in [0.05, 0.1) is 27.2 Å². The van der Waals surface area contributed by atoms with E-state index in [1.54, 1.807) is 11.3 Å². The Kier molecular flexibility index (Phi) is 4.58. The minimum Gasteiger partial charge on any atom is -0.293 e. The number of nitrogens with zero attached hydrogens (tertiary/aromatic N) is 2. The second-order valence-corrected chi connectivity index (χ2v) is 6.47. The molecule has 3 nitrogen and oxygen atoms in total. The van der Waals surface area contributed by atoms with E-state index in [0.717, 1.165) is 33.7 Å². The number of rotatable bonds is 5. The topological polar surface area (TPSA) is 34.9 Å². The fourth-order valence-corrected chi connectivity index (χ4v) is 3.52. The van der Waals surface area contributed by atoms with Crippen LogP contribution in [0, 0.1) is 6.92 Å². The molecule has 0 aliphatic carbocycles. The van der Waals surface area contributed by atoms with Gasteiger partial charge in [-0.25, -0.2) is 0 Å². The largest absolute Gasteiger partial charge is 0.293 e. The first-order valence-corrected chi connectivity index (χ1v) is 8.01. The lowest BCUT2D eigenvalue weighted by Crippen LogP contribution is -2.09. The van der Waals surface area contributed by atoms with E-state index >= 15 is 0 Å². The Labute approximate surface area is 125 Å². The summed E-state index contributed by atoms with van der Waals surface area (Å²) in [6.45, 7) is 6.91. The Morgan fingerprint density at radius 1 is 1.42 bits per heavy atom. The molecule has 0 aromatic carbocycles. The van der Waals surface area contributed by atoms with Gasteiger partial charge in [-0.05, 0) is 48.3 Å². The highest BCUT2D eigenvalue weighted by molar-refractivity contribution is 9.10. The predicted molar refractivity (Wildman–Crippen MR) is 82.1 cm³/mol. The van der Waals surface area contributed by atoms with Crippen LogP contribution in [0.4, 0.5) is 0 Å². The molecule has 0 fully saturated rings. The molecule has 0 saturated heterocycles. The molecule has 0 bridgehead atoms. The zero-order valence-electron chi connectivity index (χ0n) is 11.4. The number of hydrogen-bond acceptors (Lipinski definition) is 3. The predicted octanol–water partition coefficient (Wildman–Crippen LogP) is 4.02. The van der Waals surface area contributed by atoms with E-state index in [2.05, 4.69) is 28.0 Å². The van der Waals surface area contributed by atoms with Crippen molar-refractivity contribution < 1.29 is 4.79 Å². The number of carbonyl (C=O) groups is 1. The molecule has 2 aromatic heterocycles. The van der Waals surface area contributed by atoms with E-state index in [4.69, 9.17) is 0 Å². The van der Waals surface area contributed by atoms with E-state index in [0.29, 0.717) is 6.42 Å². The Hall–Kier alpha value is -0.940. The molecule has 102 valence electrons. The van der Waals surface area contributed by atoms with Crippen molar-refractivity contribution in [1.29, 1.82) is 0 Å². The molecule has 0 saturated carbocycles. The third-order valence-electron chi connectivity index (χ3n) is 3.04. The molecular weight excluding hydrogens is 324 g/mol. The van der Waals surface area contributed by atoms with Crippen molar-refractivity contribution in [2.75, 3.05) is 0 Å². The van der Waals surface area contributed by atoms with Gasteiger partial charge in [0.2, 0.25) is 0 Å². The average molecular weight is 341 g/mol. The molecule has 5 heteroatoms. The number of halogens is 1. The molecule has 2 rings (SSSR count). The van der Waals surface area contributed by atoms with Gasteiger partial charge in [0, 0.05) is 11.4 Å². The van der Waals surface area contributed by atoms with Crippen LogP contribution in [0.15, 0.2) is 16.6 Å². The Morgan fingerprint density at radius 2 is 2.16 bits per heavy atom. The smallest absolute Gasteiger partial charge is 0.178 e. The summed E-state index contributed by atoms with van der Waals surface area (Å²) in [7, 11) is 0. The van der Waals surface area contributed by atoms with Crippen LogP contribution < -0.4 is 0 Å². The molecule has 0 radical (unpaired) electrons. The third-order valence-corrected chi connectivity index (χ3v) is 4.99. The summed E-state index contributed by atoms with van der Waals surface area (Å²) in [5, 5.41) is 4.52. The first kappa shape index (κ1) is 14.5. The zero-order valence-corrected chi connectivity index (χ0v) is 13.8. The molecule has 0 aliphatic rings. The van der Waals surface area contributed by atoms with Crippen molar-refractivity contribution >= 4 is 33.0 Å². The lowest BCUT2D eigenvalue weighted by atomic mass is 10.1. The van der Waals surface area contributed by atoms with Crippen molar-refractivity contribution in [3.05, 3.63) is 37.7 Å². The monoisotopic (exact) mass is 340 g/mol. The van der Waals surface area contributed by atoms with Crippen molar-refractivity contribution in [2.24, 2.45) is 0 Å². The van der Waals surface area contributed by atoms with Crippen molar-refractivity contribution in [2.45, 2.75) is 40.2 Å². The molecule has 0 unspecified atom stereocenters. The maximum Gasteiger partial charge on any atom is 0.178 e. The van der Waals surface area contributed by atoms with Gasteiger partial charge < -0.3 is 0 Å². The lowest BCUT2D eigenvalue weighted by Gasteiger charge is -2.03. The Balaban J connectivity index is 2.28. The fraction of sp³-hybridized carbons (Fsp3) is 0.429. The summed E-state index contributed by atoms with van der Waals surface area (Å²) in [6, 6.07) is 3.89. The number of Topliss-reactive ketones (excluding diaryl/α,β-unsaturated/α-hetero) is 1. The molecular formula is C14H17BrN2OS. The number of thiophene rings is 1. The maximum atomic E-state index is 12.3. The second-order valence-electron chi connectivity index (χ2n) is 4.39. The third kappa shape index (κ3) is 2.98. The number of ketones is 1. The van der Waals surface area contributed by atoms with Gasteiger partial charge >= 0.3 is 0 Å². The van der Waals surface area contributed by atoms with E-state index in [-0.39, 0.29) is 5.78 Å². The van der Waals surface area contributed by atoms with Crippen LogP contribution in [0.2, 0.25) is 0 Å². The molecule has 0 atom stereocenters. The Bertz CT molecular complexity index is 601. The van der Waals surface area contributed by atoms with Gasteiger partial charge in [0.15, 0.2) is 5.78 Å². The summed E-state index contributed by atoms with van der Waals surface area (Å²) in [4.78, 5) is 14.3. The van der Waals surface area contributed by atoms with Crippen LogP contribution in [0.1, 0.15) is 39.8 Å². The molecule has 0 amide bonds. The van der Waals surface area contributed by atoms with Gasteiger partial charge in [0.25, 0.3) is 0 Å². The maximum absolute atomic E-state index is 12.3. The van der Waals surface area contributed by atoms with Gasteiger partial charge in [-0.2, -0.15) is 5.10 Å². The van der Waals surface area contributed by atoms with Gasteiger partial charge in [-0.15, -0.1) is 11.3 Å². The standard InChI is InChI=1S/C14H17BrN2OS/c1-4-10-14(15)11(17(5-2)16-10)8-12(18)13-7-6-9(3)19-13/h6-7H,4-5,8H2,1-3H3.